The van der Waals surface area contributed by atoms with E-state index in [-0.39, 0.29) is 18.9 Å². The van der Waals surface area contributed by atoms with Crippen molar-refractivity contribution in [3.8, 4) is 0 Å². The van der Waals surface area contributed by atoms with Crippen LogP contribution in [0.3, 0.4) is 0 Å². The first kappa shape index (κ1) is 10.6. The number of rotatable bonds is 4. The fraction of sp³-hybridized carbons (Fsp3) is 0.900. The zero-order valence-corrected chi connectivity index (χ0v) is 8.25. The summed E-state index contributed by atoms with van der Waals surface area (Å²) in [6.45, 7) is 3.50. The average Bonchev–Trinajstić information content (AvgIpc) is 2.38. The van der Waals surface area contributed by atoms with Crippen LogP contribution < -0.4 is 0 Å². The topological polar surface area (TPSA) is 26.3 Å². The Hall–Kier alpha value is -0.440. The molecule has 3 heteroatoms. The summed E-state index contributed by atoms with van der Waals surface area (Å²) in [6, 6.07) is 0. The molecule has 0 aromatic heterocycles. The second-order valence-electron chi connectivity index (χ2n) is 3.94. The van der Waals surface area contributed by atoms with Crippen molar-refractivity contribution in [3.63, 3.8) is 0 Å². The number of hydrogen-bond donors (Lipinski definition) is 0. The predicted octanol–water partition coefficient (Wildman–Crippen LogP) is 2.12. The van der Waals surface area contributed by atoms with E-state index in [4.69, 9.17) is 4.74 Å². The van der Waals surface area contributed by atoms with Crippen LogP contribution in [0.4, 0.5) is 4.39 Å². The number of ether oxygens (including phenoxy) is 1. The average molecular weight is 188 g/mol. The maximum Gasteiger partial charge on any atom is 0.128 e. The van der Waals surface area contributed by atoms with E-state index in [1.807, 2.05) is 13.8 Å². The lowest BCUT2D eigenvalue weighted by Gasteiger charge is -2.24. The number of halogens is 1. The zero-order chi connectivity index (χ0) is 9.90. The van der Waals surface area contributed by atoms with Crippen molar-refractivity contribution >= 4 is 6.29 Å². The molecule has 0 spiro atoms. The van der Waals surface area contributed by atoms with Gasteiger partial charge in [-0.2, -0.15) is 0 Å². The molecular weight excluding hydrogens is 171 g/mol. The molecule has 1 rings (SSSR count). The van der Waals surface area contributed by atoms with Crippen molar-refractivity contribution in [3.05, 3.63) is 0 Å². The van der Waals surface area contributed by atoms with Crippen LogP contribution in [0.2, 0.25) is 0 Å². The molecule has 2 nitrogen and oxygen atoms in total. The van der Waals surface area contributed by atoms with E-state index < -0.39 is 5.41 Å². The van der Waals surface area contributed by atoms with Crippen LogP contribution in [-0.2, 0) is 9.53 Å². The van der Waals surface area contributed by atoms with Gasteiger partial charge in [-0.1, -0.05) is 0 Å². The minimum absolute atomic E-state index is 0.0634. The molecule has 0 radical (unpaired) electrons. The molecule has 76 valence electrons. The standard InChI is InChI=1S/C10H17FO2/c1-8-6-10(7-12,4-3-5-11)9(2)13-8/h7-9H,3-6H2,1-2H3. The van der Waals surface area contributed by atoms with E-state index in [9.17, 15) is 9.18 Å². The van der Waals surface area contributed by atoms with Crippen LogP contribution in [0.25, 0.3) is 0 Å². The highest BCUT2D eigenvalue weighted by molar-refractivity contribution is 5.61. The normalized spacial score (nSPS) is 39.3. The number of carbonyl (C=O) groups is 1. The third kappa shape index (κ3) is 2.08. The lowest BCUT2D eigenvalue weighted by molar-refractivity contribution is -0.119. The van der Waals surface area contributed by atoms with E-state index in [1.54, 1.807) is 0 Å². The Kier molecular flexibility index (Phi) is 3.42. The van der Waals surface area contributed by atoms with Gasteiger partial charge in [0.2, 0.25) is 0 Å². The summed E-state index contributed by atoms with van der Waals surface area (Å²) in [4.78, 5) is 11.0. The molecule has 1 saturated heterocycles. The van der Waals surface area contributed by atoms with Gasteiger partial charge in [0.25, 0.3) is 0 Å². The monoisotopic (exact) mass is 188 g/mol. The van der Waals surface area contributed by atoms with E-state index >= 15 is 0 Å². The van der Waals surface area contributed by atoms with Gasteiger partial charge in [0.05, 0.1) is 24.3 Å². The van der Waals surface area contributed by atoms with Gasteiger partial charge in [-0.3, -0.25) is 4.39 Å². The van der Waals surface area contributed by atoms with Crippen molar-refractivity contribution in [1.82, 2.24) is 0 Å². The molecule has 0 amide bonds. The summed E-state index contributed by atoms with van der Waals surface area (Å²) in [6.07, 6.45) is 2.82. The summed E-state index contributed by atoms with van der Waals surface area (Å²) in [5.41, 5.74) is -0.425. The quantitative estimate of drug-likeness (QED) is 0.632. The van der Waals surface area contributed by atoms with Crippen LogP contribution in [0.5, 0.6) is 0 Å². The summed E-state index contributed by atoms with van der Waals surface area (Å²) < 4.78 is 17.5. The molecule has 0 aliphatic carbocycles. The molecule has 3 unspecified atom stereocenters. The first-order valence-corrected chi connectivity index (χ1v) is 4.82. The number of alkyl halides is 1. The molecule has 0 bridgehead atoms. The van der Waals surface area contributed by atoms with Crippen molar-refractivity contribution in [2.24, 2.45) is 5.41 Å². The second-order valence-corrected chi connectivity index (χ2v) is 3.94. The van der Waals surface area contributed by atoms with E-state index in [1.165, 1.54) is 0 Å². The summed E-state index contributed by atoms with van der Waals surface area (Å²) in [7, 11) is 0. The highest BCUT2D eigenvalue weighted by atomic mass is 19.1. The van der Waals surface area contributed by atoms with E-state index in [0.29, 0.717) is 12.8 Å². The van der Waals surface area contributed by atoms with Gasteiger partial charge in [0.15, 0.2) is 0 Å². The maximum atomic E-state index is 12.0. The van der Waals surface area contributed by atoms with E-state index in [0.717, 1.165) is 12.7 Å². The summed E-state index contributed by atoms with van der Waals surface area (Å²) in [5, 5.41) is 0. The van der Waals surface area contributed by atoms with Gasteiger partial charge >= 0.3 is 0 Å². The molecule has 1 fully saturated rings. The minimum Gasteiger partial charge on any atom is -0.374 e. The summed E-state index contributed by atoms with van der Waals surface area (Å²) >= 11 is 0. The van der Waals surface area contributed by atoms with Crippen LogP contribution in [0.1, 0.15) is 33.1 Å². The molecule has 3 atom stereocenters. The first-order valence-electron chi connectivity index (χ1n) is 4.82. The lowest BCUT2D eigenvalue weighted by Crippen LogP contribution is -2.30. The number of aldehydes is 1. The Labute approximate surface area is 78.5 Å². The zero-order valence-electron chi connectivity index (χ0n) is 8.25. The smallest absolute Gasteiger partial charge is 0.128 e. The third-order valence-corrected chi connectivity index (χ3v) is 2.92. The minimum atomic E-state index is -0.425. The molecule has 1 aliphatic rings. The Morgan fingerprint density at radius 3 is 2.69 bits per heavy atom. The lowest BCUT2D eigenvalue weighted by atomic mass is 9.78. The third-order valence-electron chi connectivity index (χ3n) is 2.92. The van der Waals surface area contributed by atoms with Crippen LogP contribution in [0.15, 0.2) is 0 Å². The Bertz CT molecular complexity index is 184. The van der Waals surface area contributed by atoms with Crippen LogP contribution in [0, 0.1) is 5.41 Å². The second kappa shape index (κ2) is 4.18. The summed E-state index contributed by atoms with van der Waals surface area (Å²) in [5.74, 6) is 0. The number of hydrogen-bond acceptors (Lipinski definition) is 2. The van der Waals surface area contributed by atoms with E-state index in [2.05, 4.69) is 0 Å². The van der Waals surface area contributed by atoms with Gasteiger partial charge in [-0.15, -0.1) is 0 Å². The molecular formula is C10H17FO2. The van der Waals surface area contributed by atoms with Gasteiger partial charge in [0, 0.05) is 0 Å². The first-order chi connectivity index (χ1) is 6.14. The van der Waals surface area contributed by atoms with Crippen molar-refractivity contribution in [2.75, 3.05) is 6.67 Å². The molecule has 0 saturated carbocycles. The molecule has 0 aromatic carbocycles. The van der Waals surface area contributed by atoms with Crippen molar-refractivity contribution in [1.29, 1.82) is 0 Å². The van der Waals surface area contributed by atoms with Gasteiger partial charge in [0.1, 0.15) is 6.29 Å². The number of carbonyl (C=O) groups excluding carboxylic acids is 1. The maximum absolute atomic E-state index is 12.0. The van der Waals surface area contributed by atoms with Crippen LogP contribution >= 0.6 is 0 Å². The Balaban J connectivity index is 2.63. The highest BCUT2D eigenvalue weighted by Gasteiger charge is 2.44. The Morgan fingerprint density at radius 1 is 1.62 bits per heavy atom. The fourth-order valence-corrected chi connectivity index (χ4v) is 2.14. The SMILES string of the molecule is CC1CC(C=O)(CCCF)C(C)O1. The molecule has 1 heterocycles. The van der Waals surface area contributed by atoms with Gasteiger partial charge in [-0.05, 0) is 33.1 Å². The molecule has 1 aliphatic heterocycles. The largest absolute Gasteiger partial charge is 0.374 e. The van der Waals surface area contributed by atoms with Crippen LogP contribution in [-0.4, -0.2) is 25.2 Å². The molecule has 0 aromatic rings. The predicted molar refractivity (Wildman–Crippen MR) is 48.3 cm³/mol. The van der Waals surface area contributed by atoms with Crippen molar-refractivity contribution in [2.45, 2.75) is 45.3 Å². The molecule has 13 heavy (non-hydrogen) atoms. The highest BCUT2D eigenvalue weighted by Crippen LogP contribution is 2.40. The van der Waals surface area contributed by atoms with Gasteiger partial charge in [-0.25, -0.2) is 0 Å². The molecule has 0 N–H and O–H groups in total. The van der Waals surface area contributed by atoms with Crippen molar-refractivity contribution < 1.29 is 13.9 Å². The Morgan fingerprint density at radius 2 is 2.31 bits per heavy atom. The van der Waals surface area contributed by atoms with Gasteiger partial charge < -0.3 is 9.53 Å². The fourth-order valence-electron chi connectivity index (χ4n) is 2.14.